The van der Waals surface area contributed by atoms with Crippen molar-refractivity contribution in [2.75, 3.05) is 0 Å². The maximum absolute atomic E-state index is 10.5. The van der Waals surface area contributed by atoms with E-state index in [1.54, 1.807) is 13.8 Å². The minimum absolute atomic E-state index is 0.0183. The van der Waals surface area contributed by atoms with Gasteiger partial charge >= 0.3 is 0 Å². The Hall–Kier alpha value is -1.13. The van der Waals surface area contributed by atoms with Gasteiger partial charge in [-0.1, -0.05) is 13.8 Å². The second-order valence-corrected chi connectivity index (χ2v) is 2.34. The number of primary amides is 1. The van der Waals surface area contributed by atoms with Gasteiger partial charge in [-0.25, -0.2) is 0 Å². The van der Waals surface area contributed by atoms with Crippen molar-refractivity contribution in [3.05, 3.63) is 4.91 Å². The Morgan fingerprint density at radius 3 is 2.20 bits per heavy atom. The molecule has 0 rings (SSSR count). The fourth-order valence-corrected chi connectivity index (χ4v) is 0.598. The second-order valence-electron chi connectivity index (χ2n) is 2.34. The Morgan fingerprint density at radius 2 is 2.10 bits per heavy atom. The summed E-state index contributed by atoms with van der Waals surface area (Å²) in [7, 11) is 0. The molecule has 1 atom stereocenters. The highest BCUT2D eigenvalue weighted by molar-refractivity contribution is 5.80. The molecule has 0 spiro atoms. The summed E-state index contributed by atoms with van der Waals surface area (Å²) in [5.74, 6) is -0.579. The van der Waals surface area contributed by atoms with Crippen molar-refractivity contribution in [1.82, 2.24) is 5.43 Å². The predicted octanol–water partition coefficient (Wildman–Crippen LogP) is -0.233. The lowest BCUT2D eigenvalue weighted by Crippen LogP contribution is -2.42. The molecule has 0 aliphatic heterocycles. The molecule has 0 saturated heterocycles. The van der Waals surface area contributed by atoms with Crippen LogP contribution in [0.3, 0.4) is 0 Å². The highest BCUT2D eigenvalue weighted by Gasteiger charge is 2.18. The lowest BCUT2D eigenvalue weighted by molar-refractivity contribution is -0.121. The molecule has 0 heterocycles. The van der Waals surface area contributed by atoms with Gasteiger partial charge in [0.15, 0.2) is 0 Å². The van der Waals surface area contributed by atoms with Crippen LogP contribution in [0.2, 0.25) is 0 Å². The van der Waals surface area contributed by atoms with E-state index >= 15 is 0 Å². The fraction of sp³-hybridized carbons (Fsp3) is 0.800. The zero-order valence-electron chi connectivity index (χ0n) is 6.00. The SMILES string of the molecule is CC(C)C(NN=O)C(N)=O. The average molecular weight is 145 g/mol. The zero-order valence-corrected chi connectivity index (χ0v) is 6.00. The number of hydrogen-bond acceptors (Lipinski definition) is 3. The van der Waals surface area contributed by atoms with E-state index in [-0.39, 0.29) is 5.92 Å². The van der Waals surface area contributed by atoms with E-state index in [1.807, 2.05) is 0 Å². The molecule has 0 aliphatic rings. The number of carbonyl (C=O) groups is 1. The molecule has 0 aromatic carbocycles. The summed E-state index contributed by atoms with van der Waals surface area (Å²) < 4.78 is 0. The van der Waals surface area contributed by atoms with E-state index in [2.05, 4.69) is 10.7 Å². The summed E-state index contributed by atoms with van der Waals surface area (Å²) in [6.07, 6.45) is 0. The highest BCUT2D eigenvalue weighted by Crippen LogP contribution is 1.99. The smallest absolute Gasteiger partial charge is 0.241 e. The average Bonchev–Trinajstić information content (AvgIpc) is 1.81. The third kappa shape index (κ3) is 2.43. The standard InChI is InChI=1S/C5H11N3O2/c1-3(2)4(5(6)9)7-8-10/h3-4H,1-2H3,(H2,6,9)(H,7,10). The van der Waals surface area contributed by atoms with Crippen LogP contribution in [0.5, 0.6) is 0 Å². The molecule has 0 saturated carbocycles. The van der Waals surface area contributed by atoms with Crippen molar-refractivity contribution in [3.8, 4) is 0 Å². The van der Waals surface area contributed by atoms with Crippen molar-refractivity contribution in [2.24, 2.45) is 16.9 Å². The number of nitrogens with one attached hydrogen (secondary N) is 1. The van der Waals surface area contributed by atoms with Gasteiger partial charge in [0, 0.05) is 0 Å². The lowest BCUT2D eigenvalue weighted by atomic mass is 10.1. The number of carbonyl (C=O) groups excluding carboxylic acids is 1. The maximum Gasteiger partial charge on any atom is 0.241 e. The molecule has 1 amide bonds. The summed E-state index contributed by atoms with van der Waals surface area (Å²) in [5, 5.41) is 2.38. The second kappa shape index (κ2) is 3.81. The van der Waals surface area contributed by atoms with Crippen molar-refractivity contribution >= 4 is 5.91 Å². The molecular weight excluding hydrogens is 134 g/mol. The first-order chi connectivity index (χ1) is 4.59. The van der Waals surface area contributed by atoms with Gasteiger partial charge in [0.1, 0.15) is 6.04 Å². The molecule has 5 heteroatoms. The molecule has 0 aromatic rings. The molecule has 3 N–H and O–H groups in total. The van der Waals surface area contributed by atoms with E-state index in [0.717, 1.165) is 0 Å². The lowest BCUT2D eigenvalue weighted by Gasteiger charge is -2.13. The molecule has 10 heavy (non-hydrogen) atoms. The van der Waals surface area contributed by atoms with Crippen LogP contribution in [0.15, 0.2) is 5.29 Å². The third-order valence-corrected chi connectivity index (χ3v) is 1.16. The van der Waals surface area contributed by atoms with Crippen molar-refractivity contribution in [3.63, 3.8) is 0 Å². The topological polar surface area (TPSA) is 84.6 Å². The number of amides is 1. The van der Waals surface area contributed by atoms with Crippen LogP contribution >= 0.6 is 0 Å². The normalized spacial score (nSPS) is 12.7. The third-order valence-electron chi connectivity index (χ3n) is 1.16. The van der Waals surface area contributed by atoms with Crippen molar-refractivity contribution in [1.29, 1.82) is 0 Å². The van der Waals surface area contributed by atoms with Gasteiger partial charge in [0.25, 0.3) is 0 Å². The fourth-order valence-electron chi connectivity index (χ4n) is 0.598. The summed E-state index contributed by atoms with van der Waals surface area (Å²) in [5.41, 5.74) is 7.00. The molecule has 0 bridgehead atoms. The first-order valence-corrected chi connectivity index (χ1v) is 2.96. The van der Waals surface area contributed by atoms with Crippen LogP contribution in [-0.2, 0) is 4.79 Å². The molecule has 58 valence electrons. The van der Waals surface area contributed by atoms with Gasteiger partial charge in [-0.05, 0) is 5.92 Å². The van der Waals surface area contributed by atoms with Gasteiger partial charge in [-0.15, -0.1) is 4.91 Å². The molecule has 0 fully saturated rings. The molecular formula is C5H11N3O2. The van der Waals surface area contributed by atoms with Crippen molar-refractivity contribution in [2.45, 2.75) is 19.9 Å². The quantitative estimate of drug-likeness (QED) is 0.423. The summed E-state index contributed by atoms with van der Waals surface area (Å²) in [6.45, 7) is 3.54. The van der Waals surface area contributed by atoms with Crippen LogP contribution in [-0.4, -0.2) is 11.9 Å². The zero-order chi connectivity index (χ0) is 8.15. The van der Waals surface area contributed by atoms with Crippen LogP contribution < -0.4 is 11.2 Å². The molecule has 0 aromatic heterocycles. The highest BCUT2D eigenvalue weighted by atomic mass is 16.3. The number of hydrogen-bond donors (Lipinski definition) is 2. The van der Waals surface area contributed by atoms with Crippen LogP contribution in [0, 0.1) is 10.8 Å². The summed E-state index contributed by atoms with van der Waals surface area (Å²) >= 11 is 0. The van der Waals surface area contributed by atoms with Gasteiger partial charge in [0.2, 0.25) is 5.91 Å². The van der Waals surface area contributed by atoms with E-state index in [9.17, 15) is 9.70 Å². The van der Waals surface area contributed by atoms with E-state index in [4.69, 9.17) is 5.73 Å². The molecule has 0 aliphatic carbocycles. The first kappa shape index (κ1) is 8.87. The number of rotatable bonds is 4. The summed E-state index contributed by atoms with van der Waals surface area (Å²) in [6, 6.07) is -0.655. The monoisotopic (exact) mass is 145 g/mol. The van der Waals surface area contributed by atoms with Gasteiger partial charge in [-0.3, -0.25) is 10.2 Å². The Bertz CT molecular complexity index is 135. The van der Waals surface area contributed by atoms with Crippen LogP contribution in [0.25, 0.3) is 0 Å². The van der Waals surface area contributed by atoms with Crippen molar-refractivity contribution < 1.29 is 4.79 Å². The Morgan fingerprint density at radius 1 is 1.60 bits per heavy atom. The minimum Gasteiger partial charge on any atom is -0.368 e. The van der Waals surface area contributed by atoms with Crippen LogP contribution in [0.1, 0.15) is 13.8 Å². The Labute approximate surface area is 58.9 Å². The van der Waals surface area contributed by atoms with Gasteiger partial charge < -0.3 is 5.73 Å². The predicted molar refractivity (Wildman–Crippen MR) is 36.8 cm³/mol. The number of nitrogens with two attached hydrogens (primary N) is 1. The molecule has 5 nitrogen and oxygen atoms in total. The van der Waals surface area contributed by atoms with E-state index < -0.39 is 11.9 Å². The maximum atomic E-state index is 10.5. The first-order valence-electron chi connectivity index (χ1n) is 2.96. The number of nitroso groups, excluding NO2 is 1. The Kier molecular flexibility index (Phi) is 3.38. The molecule has 1 unspecified atom stereocenters. The van der Waals surface area contributed by atoms with Crippen LogP contribution in [0.4, 0.5) is 0 Å². The van der Waals surface area contributed by atoms with E-state index in [0.29, 0.717) is 0 Å². The minimum atomic E-state index is -0.655. The van der Waals surface area contributed by atoms with E-state index in [1.165, 1.54) is 0 Å². The Balaban J connectivity index is 3.97. The number of nitrogens with zero attached hydrogens (tertiary/aromatic N) is 1. The molecule has 0 radical (unpaired) electrons. The van der Waals surface area contributed by atoms with Gasteiger partial charge in [-0.2, -0.15) is 0 Å². The summed E-state index contributed by atoms with van der Waals surface area (Å²) in [4.78, 5) is 20.1. The largest absolute Gasteiger partial charge is 0.368 e. The van der Waals surface area contributed by atoms with Gasteiger partial charge in [0.05, 0.1) is 5.29 Å².